The molecule has 0 radical (unpaired) electrons. The number of thiol groups is 1. The van der Waals surface area contributed by atoms with Gasteiger partial charge in [-0.25, -0.2) is 0 Å². The van der Waals surface area contributed by atoms with E-state index < -0.39 is 11.7 Å². The Balaban J connectivity index is 3.16. The number of alkyl halides is 3. The van der Waals surface area contributed by atoms with Crippen molar-refractivity contribution in [3.8, 4) is 11.8 Å². The highest BCUT2D eigenvalue weighted by Gasteiger charge is 2.32. The van der Waals surface area contributed by atoms with Gasteiger partial charge in [0.1, 0.15) is 0 Å². The van der Waals surface area contributed by atoms with Crippen molar-refractivity contribution in [3.05, 3.63) is 29.6 Å². The van der Waals surface area contributed by atoms with Crippen molar-refractivity contribution in [1.82, 2.24) is 4.98 Å². The third-order valence-corrected chi connectivity index (χ3v) is 1.59. The minimum atomic E-state index is -4.39. The van der Waals surface area contributed by atoms with Crippen LogP contribution in [0.5, 0.6) is 0 Å². The molecule has 0 atom stereocenters. The van der Waals surface area contributed by atoms with Crippen molar-refractivity contribution in [2.75, 3.05) is 5.75 Å². The van der Waals surface area contributed by atoms with Gasteiger partial charge < -0.3 is 0 Å². The zero-order valence-electron chi connectivity index (χ0n) is 6.97. The van der Waals surface area contributed by atoms with Crippen LogP contribution < -0.4 is 0 Å². The van der Waals surface area contributed by atoms with Crippen molar-refractivity contribution in [1.29, 1.82) is 0 Å². The van der Waals surface area contributed by atoms with Crippen LogP contribution in [0.3, 0.4) is 0 Å². The normalized spacial score (nSPS) is 10.6. The van der Waals surface area contributed by atoms with Gasteiger partial charge in [0.05, 0.1) is 16.9 Å². The van der Waals surface area contributed by atoms with E-state index in [2.05, 4.69) is 29.5 Å². The fourth-order valence-corrected chi connectivity index (χ4v) is 0.955. The van der Waals surface area contributed by atoms with Gasteiger partial charge in [-0.1, -0.05) is 11.8 Å². The maximum atomic E-state index is 12.4. The molecule has 1 aromatic heterocycles. The third-order valence-electron chi connectivity index (χ3n) is 1.43. The van der Waals surface area contributed by atoms with Gasteiger partial charge in [0.15, 0.2) is 0 Å². The maximum absolute atomic E-state index is 12.4. The predicted molar refractivity (Wildman–Crippen MR) is 50.0 cm³/mol. The van der Waals surface area contributed by atoms with Crippen LogP contribution in [0.1, 0.15) is 11.1 Å². The molecule has 0 aromatic carbocycles. The molecule has 0 fully saturated rings. The first kappa shape index (κ1) is 10.9. The minimum Gasteiger partial charge on any atom is -0.263 e. The highest BCUT2D eigenvalue weighted by molar-refractivity contribution is 7.80. The van der Waals surface area contributed by atoms with Crippen LogP contribution in [0.25, 0.3) is 0 Å². The van der Waals surface area contributed by atoms with Gasteiger partial charge >= 0.3 is 6.18 Å². The number of nitrogens with zero attached hydrogens (tertiary/aromatic N) is 1. The van der Waals surface area contributed by atoms with E-state index in [0.29, 0.717) is 0 Å². The zero-order chi connectivity index (χ0) is 10.6. The first-order valence-corrected chi connectivity index (χ1v) is 4.30. The predicted octanol–water partition coefficient (Wildman–Crippen LogP) is 2.38. The van der Waals surface area contributed by atoms with Crippen LogP contribution in [0, 0.1) is 11.8 Å². The number of hydrogen-bond acceptors (Lipinski definition) is 2. The monoisotopic (exact) mass is 217 g/mol. The lowest BCUT2D eigenvalue weighted by atomic mass is 10.1. The Bertz CT molecular complexity index is 376. The van der Waals surface area contributed by atoms with Crippen molar-refractivity contribution in [3.63, 3.8) is 0 Å². The second-order valence-corrected chi connectivity index (χ2v) is 2.70. The summed E-state index contributed by atoms with van der Waals surface area (Å²) in [6, 6.07) is 0.905. The number of pyridine rings is 1. The molecular formula is C9H6F3NS. The second kappa shape index (κ2) is 4.38. The Morgan fingerprint density at radius 1 is 1.43 bits per heavy atom. The van der Waals surface area contributed by atoms with Gasteiger partial charge in [0, 0.05) is 12.4 Å². The van der Waals surface area contributed by atoms with Crippen LogP contribution in [0.2, 0.25) is 0 Å². The van der Waals surface area contributed by atoms with Crippen LogP contribution in [0.4, 0.5) is 13.2 Å². The van der Waals surface area contributed by atoms with Crippen molar-refractivity contribution >= 4 is 12.6 Å². The summed E-state index contributed by atoms with van der Waals surface area (Å²) in [5.41, 5.74) is -0.879. The minimum absolute atomic E-state index is 0.117. The Labute approximate surface area is 84.8 Å². The summed E-state index contributed by atoms with van der Waals surface area (Å²) in [7, 11) is 0. The molecule has 5 heteroatoms. The molecule has 1 rings (SSSR count). The largest absolute Gasteiger partial charge is 0.417 e. The molecule has 0 N–H and O–H groups in total. The topological polar surface area (TPSA) is 12.9 Å². The Morgan fingerprint density at radius 3 is 2.71 bits per heavy atom. The number of rotatable bonds is 0. The van der Waals surface area contributed by atoms with E-state index in [1.54, 1.807) is 0 Å². The van der Waals surface area contributed by atoms with Crippen molar-refractivity contribution in [2.45, 2.75) is 6.18 Å². The lowest BCUT2D eigenvalue weighted by molar-refractivity contribution is -0.137. The summed E-state index contributed by atoms with van der Waals surface area (Å²) in [4.78, 5) is 3.58. The molecular weight excluding hydrogens is 211 g/mol. The van der Waals surface area contributed by atoms with Crippen LogP contribution in [-0.2, 0) is 6.18 Å². The first-order valence-electron chi connectivity index (χ1n) is 3.66. The summed E-state index contributed by atoms with van der Waals surface area (Å²) in [5, 5.41) is 0. The van der Waals surface area contributed by atoms with Crippen molar-refractivity contribution in [2.24, 2.45) is 0 Å². The van der Waals surface area contributed by atoms with Gasteiger partial charge in [-0.05, 0) is 6.07 Å². The molecule has 0 aliphatic heterocycles. The molecule has 74 valence electrons. The first-order chi connectivity index (χ1) is 6.55. The molecule has 1 aromatic rings. The van der Waals surface area contributed by atoms with Gasteiger partial charge in [0.25, 0.3) is 0 Å². The summed E-state index contributed by atoms with van der Waals surface area (Å²) in [5.74, 6) is 5.03. The number of halogens is 3. The highest BCUT2D eigenvalue weighted by Crippen LogP contribution is 2.30. The summed E-state index contributed by atoms with van der Waals surface area (Å²) < 4.78 is 37.1. The van der Waals surface area contributed by atoms with Crippen LogP contribution >= 0.6 is 12.6 Å². The smallest absolute Gasteiger partial charge is 0.263 e. The van der Waals surface area contributed by atoms with Gasteiger partial charge in [-0.2, -0.15) is 25.8 Å². The highest BCUT2D eigenvalue weighted by atomic mass is 32.1. The number of hydrogen-bond donors (Lipinski definition) is 1. The molecule has 0 aliphatic rings. The summed E-state index contributed by atoms with van der Waals surface area (Å²) in [6.45, 7) is 0. The standard InChI is InChI=1S/C9H6F3NS/c10-9(11,12)8-3-4-13-6-7(8)2-1-5-14/h3-4,6,14H,5H2. The SMILES string of the molecule is FC(F)(F)c1ccncc1C#CCS. The Hall–Kier alpha value is -1.15. The Morgan fingerprint density at radius 2 is 2.14 bits per heavy atom. The van der Waals surface area contributed by atoms with Crippen LogP contribution in [0.15, 0.2) is 18.5 Å². The lowest BCUT2D eigenvalue weighted by Crippen LogP contribution is -2.07. The fourth-order valence-electron chi connectivity index (χ4n) is 0.876. The Kier molecular flexibility index (Phi) is 3.42. The number of aromatic nitrogens is 1. The van der Waals surface area contributed by atoms with E-state index in [4.69, 9.17) is 0 Å². The molecule has 0 bridgehead atoms. The molecule has 14 heavy (non-hydrogen) atoms. The maximum Gasteiger partial charge on any atom is 0.417 e. The van der Waals surface area contributed by atoms with E-state index in [-0.39, 0.29) is 11.3 Å². The fraction of sp³-hybridized carbons (Fsp3) is 0.222. The van der Waals surface area contributed by atoms with Gasteiger partial charge in [-0.3, -0.25) is 4.98 Å². The van der Waals surface area contributed by atoms with Gasteiger partial charge in [-0.15, -0.1) is 0 Å². The molecule has 1 heterocycles. The van der Waals surface area contributed by atoms with E-state index in [0.717, 1.165) is 18.5 Å². The molecule has 0 saturated carbocycles. The summed E-state index contributed by atoms with van der Waals surface area (Å²) >= 11 is 3.78. The quantitative estimate of drug-likeness (QED) is 0.520. The molecule has 0 amide bonds. The van der Waals surface area contributed by atoms with E-state index in [1.165, 1.54) is 0 Å². The average Bonchev–Trinajstić information content (AvgIpc) is 2.14. The van der Waals surface area contributed by atoms with Crippen molar-refractivity contribution < 1.29 is 13.2 Å². The molecule has 0 spiro atoms. The molecule has 0 saturated heterocycles. The van der Waals surface area contributed by atoms with E-state index in [9.17, 15) is 13.2 Å². The zero-order valence-corrected chi connectivity index (χ0v) is 7.86. The van der Waals surface area contributed by atoms with Crippen LogP contribution in [-0.4, -0.2) is 10.7 Å². The van der Waals surface area contributed by atoms with E-state index >= 15 is 0 Å². The summed E-state index contributed by atoms with van der Waals surface area (Å²) in [6.07, 6.45) is -2.20. The van der Waals surface area contributed by atoms with E-state index in [1.807, 2.05) is 0 Å². The lowest BCUT2D eigenvalue weighted by Gasteiger charge is -2.07. The third kappa shape index (κ3) is 2.67. The van der Waals surface area contributed by atoms with Gasteiger partial charge in [0.2, 0.25) is 0 Å². The molecule has 0 unspecified atom stereocenters. The second-order valence-electron chi connectivity index (χ2n) is 2.38. The average molecular weight is 217 g/mol. The molecule has 1 nitrogen and oxygen atoms in total. The molecule has 0 aliphatic carbocycles.